The quantitative estimate of drug-likeness (QED) is 0.706. The van der Waals surface area contributed by atoms with Crippen LogP contribution in [0.15, 0.2) is 18.2 Å². The van der Waals surface area contributed by atoms with Crippen LogP contribution in [-0.2, 0) is 6.42 Å². The zero-order valence-electron chi connectivity index (χ0n) is 9.56. The Bertz CT molecular complexity index is 258. The fourth-order valence-corrected chi connectivity index (χ4v) is 1.75. The molecule has 14 heavy (non-hydrogen) atoms. The highest BCUT2D eigenvalue weighted by Gasteiger charge is 1.95. The average molecular weight is 191 g/mol. The second-order valence-corrected chi connectivity index (χ2v) is 4.00. The molecule has 1 aromatic carbocycles. The fourth-order valence-electron chi connectivity index (χ4n) is 1.75. The number of hydrogen-bond donors (Lipinski definition) is 1. The Morgan fingerprint density at radius 3 is 2.21 bits per heavy atom. The third kappa shape index (κ3) is 3.93. The summed E-state index contributed by atoms with van der Waals surface area (Å²) in [5, 5.41) is 3.42. The Hall–Kier alpha value is -0.820. The molecule has 0 saturated carbocycles. The SMILES string of the molecule is CCCNCCc1cc(C)cc(C)c1. The van der Waals surface area contributed by atoms with Gasteiger partial charge in [0.2, 0.25) is 0 Å². The summed E-state index contributed by atoms with van der Waals surface area (Å²) in [4.78, 5) is 0. The largest absolute Gasteiger partial charge is 0.316 e. The van der Waals surface area contributed by atoms with Crippen LogP contribution in [0.5, 0.6) is 0 Å². The van der Waals surface area contributed by atoms with Crippen molar-refractivity contribution in [3.63, 3.8) is 0 Å². The van der Waals surface area contributed by atoms with Crippen molar-refractivity contribution in [2.24, 2.45) is 0 Å². The number of nitrogens with one attached hydrogen (secondary N) is 1. The van der Waals surface area contributed by atoms with Crippen molar-refractivity contribution in [3.8, 4) is 0 Å². The van der Waals surface area contributed by atoms with E-state index in [-0.39, 0.29) is 0 Å². The third-order valence-electron chi connectivity index (χ3n) is 2.30. The molecule has 1 rings (SSSR count). The highest BCUT2D eigenvalue weighted by atomic mass is 14.8. The Balaban J connectivity index is 2.42. The van der Waals surface area contributed by atoms with E-state index in [4.69, 9.17) is 0 Å². The van der Waals surface area contributed by atoms with E-state index in [1.54, 1.807) is 0 Å². The van der Waals surface area contributed by atoms with E-state index in [0.717, 1.165) is 19.5 Å². The summed E-state index contributed by atoms with van der Waals surface area (Å²) in [5.74, 6) is 0. The van der Waals surface area contributed by atoms with Crippen LogP contribution >= 0.6 is 0 Å². The molecule has 0 bridgehead atoms. The lowest BCUT2D eigenvalue weighted by molar-refractivity contribution is 0.671. The summed E-state index contributed by atoms with van der Waals surface area (Å²) in [6.07, 6.45) is 2.36. The zero-order valence-corrected chi connectivity index (χ0v) is 9.56. The minimum atomic E-state index is 1.09. The van der Waals surface area contributed by atoms with E-state index < -0.39 is 0 Å². The lowest BCUT2D eigenvalue weighted by atomic mass is 10.1. The van der Waals surface area contributed by atoms with Crippen LogP contribution in [0.1, 0.15) is 30.0 Å². The van der Waals surface area contributed by atoms with Crippen molar-refractivity contribution in [2.45, 2.75) is 33.6 Å². The van der Waals surface area contributed by atoms with Gasteiger partial charge in [0.05, 0.1) is 0 Å². The molecule has 1 N–H and O–H groups in total. The minimum absolute atomic E-state index is 1.09. The topological polar surface area (TPSA) is 12.0 Å². The van der Waals surface area contributed by atoms with Crippen LogP contribution in [0, 0.1) is 13.8 Å². The third-order valence-corrected chi connectivity index (χ3v) is 2.30. The van der Waals surface area contributed by atoms with Gasteiger partial charge in [-0.1, -0.05) is 36.2 Å². The molecule has 78 valence electrons. The van der Waals surface area contributed by atoms with Crippen LogP contribution in [0.4, 0.5) is 0 Å². The molecule has 0 aliphatic rings. The smallest absolute Gasteiger partial charge is 0.000835 e. The summed E-state index contributed by atoms with van der Waals surface area (Å²) in [6, 6.07) is 6.78. The molecule has 0 atom stereocenters. The van der Waals surface area contributed by atoms with Crippen LogP contribution < -0.4 is 5.32 Å². The monoisotopic (exact) mass is 191 g/mol. The van der Waals surface area contributed by atoms with E-state index in [2.05, 4.69) is 44.3 Å². The predicted octanol–water partition coefficient (Wildman–Crippen LogP) is 2.85. The Kier molecular flexibility index (Phi) is 4.68. The van der Waals surface area contributed by atoms with E-state index in [9.17, 15) is 0 Å². The molecule has 0 amide bonds. The first-order chi connectivity index (χ1) is 6.72. The molecule has 1 aromatic rings. The maximum Gasteiger partial charge on any atom is -0.000835 e. The molecule has 0 fully saturated rings. The zero-order chi connectivity index (χ0) is 10.4. The van der Waals surface area contributed by atoms with Crippen molar-refractivity contribution in [2.75, 3.05) is 13.1 Å². The first-order valence-electron chi connectivity index (χ1n) is 5.50. The lowest BCUT2D eigenvalue weighted by Gasteiger charge is -2.05. The molecular formula is C13H21N. The maximum absolute atomic E-state index is 3.42. The molecule has 0 spiro atoms. The van der Waals surface area contributed by atoms with Crippen LogP contribution in [0.2, 0.25) is 0 Å². The van der Waals surface area contributed by atoms with Gasteiger partial charge in [-0.3, -0.25) is 0 Å². The first kappa shape index (κ1) is 11.3. The van der Waals surface area contributed by atoms with Gasteiger partial charge in [0.25, 0.3) is 0 Å². The van der Waals surface area contributed by atoms with Gasteiger partial charge >= 0.3 is 0 Å². The molecule has 0 heterocycles. The van der Waals surface area contributed by atoms with Crippen molar-refractivity contribution in [1.29, 1.82) is 0 Å². The lowest BCUT2D eigenvalue weighted by Crippen LogP contribution is -2.17. The Morgan fingerprint density at radius 1 is 1.00 bits per heavy atom. The van der Waals surface area contributed by atoms with Gasteiger partial charge in [0.15, 0.2) is 0 Å². The van der Waals surface area contributed by atoms with Crippen molar-refractivity contribution >= 4 is 0 Å². The van der Waals surface area contributed by atoms with E-state index in [1.807, 2.05) is 0 Å². The summed E-state index contributed by atoms with van der Waals surface area (Å²) in [7, 11) is 0. The van der Waals surface area contributed by atoms with Crippen LogP contribution in [0.3, 0.4) is 0 Å². The van der Waals surface area contributed by atoms with Gasteiger partial charge in [-0.2, -0.15) is 0 Å². The molecule has 0 saturated heterocycles. The minimum Gasteiger partial charge on any atom is -0.316 e. The predicted molar refractivity (Wildman–Crippen MR) is 62.8 cm³/mol. The van der Waals surface area contributed by atoms with Gasteiger partial charge < -0.3 is 5.32 Å². The second-order valence-electron chi connectivity index (χ2n) is 4.00. The summed E-state index contributed by atoms with van der Waals surface area (Å²) >= 11 is 0. The molecule has 1 nitrogen and oxygen atoms in total. The van der Waals surface area contributed by atoms with Gasteiger partial charge in [0.1, 0.15) is 0 Å². The summed E-state index contributed by atoms with van der Waals surface area (Å²) in [5.41, 5.74) is 4.19. The van der Waals surface area contributed by atoms with Crippen molar-refractivity contribution in [1.82, 2.24) is 5.32 Å². The highest BCUT2D eigenvalue weighted by molar-refractivity contribution is 5.28. The van der Waals surface area contributed by atoms with Crippen molar-refractivity contribution in [3.05, 3.63) is 34.9 Å². The van der Waals surface area contributed by atoms with Gasteiger partial charge in [-0.25, -0.2) is 0 Å². The average Bonchev–Trinajstić information content (AvgIpc) is 2.11. The number of benzene rings is 1. The molecule has 0 aliphatic carbocycles. The molecular weight excluding hydrogens is 170 g/mol. The molecule has 0 aliphatic heterocycles. The fraction of sp³-hybridized carbons (Fsp3) is 0.538. The number of aryl methyl sites for hydroxylation is 2. The standard InChI is InChI=1S/C13H21N/c1-4-6-14-7-5-13-9-11(2)8-12(3)10-13/h8-10,14H,4-7H2,1-3H3. The number of hydrogen-bond acceptors (Lipinski definition) is 1. The molecule has 0 aromatic heterocycles. The van der Waals surface area contributed by atoms with Gasteiger partial charge in [0, 0.05) is 0 Å². The van der Waals surface area contributed by atoms with Crippen LogP contribution in [-0.4, -0.2) is 13.1 Å². The summed E-state index contributed by atoms with van der Waals surface area (Å²) < 4.78 is 0. The second kappa shape index (κ2) is 5.82. The first-order valence-corrected chi connectivity index (χ1v) is 5.50. The normalized spacial score (nSPS) is 10.5. The molecule has 1 heteroatoms. The number of rotatable bonds is 5. The van der Waals surface area contributed by atoms with Gasteiger partial charge in [-0.05, 0) is 45.3 Å². The Morgan fingerprint density at radius 2 is 1.64 bits per heavy atom. The van der Waals surface area contributed by atoms with E-state index in [0.29, 0.717) is 0 Å². The molecule has 0 radical (unpaired) electrons. The van der Waals surface area contributed by atoms with Gasteiger partial charge in [-0.15, -0.1) is 0 Å². The van der Waals surface area contributed by atoms with Crippen molar-refractivity contribution < 1.29 is 0 Å². The maximum atomic E-state index is 3.42. The van der Waals surface area contributed by atoms with E-state index in [1.165, 1.54) is 23.1 Å². The Labute approximate surface area is 87.5 Å². The van der Waals surface area contributed by atoms with E-state index >= 15 is 0 Å². The molecule has 0 unspecified atom stereocenters. The highest BCUT2D eigenvalue weighted by Crippen LogP contribution is 2.08. The van der Waals surface area contributed by atoms with Crippen LogP contribution in [0.25, 0.3) is 0 Å². The summed E-state index contributed by atoms with van der Waals surface area (Å²) in [6.45, 7) is 8.75.